The van der Waals surface area contributed by atoms with Crippen LogP contribution in [0.2, 0.25) is 0 Å². The number of ether oxygens (including phenoxy) is 1. The topological polar surface area (TPSA) is 71.1 Å². The van der Waals surface area contributed by atoms with Crippen molar-refractivity contribution in [2.24, 2.45) is 0 Å². The fourth-order valence-corrected chi connectivity index (χ4v) is 4.17. The molecule has 3 heterocycles. The zero-order valence-electron chi connectivity index (χ0n) is 16.7. The van der Waals surface area contributed by atoms with Crippen LogP contribution >= 0.6 is 11.8 Å². The maximum atomic E-state index is 12.9. The van der Waals surface area contributed by atoms with Gasteiger partial charge in [-0.3, -0.25) is 14.7 Å². The lowest BCUT2D eigenvalue weighted by molar-refractivity contribution is 0.0342. The number of hydrogen-bond acceptors (Lipinski definition) is 6. The standard InChI is InChI=1S/C22H24N4O2S/c1-4-16-11-18(23-12-19(16)29-3)21-24-20-14(2)9-15(10-17(20)22(27)25-21)13-26-5-7-28-8-6-26/h4,9-12H,1,5-8,13H2,2-3H3,(H,24,25,27). The second-order valence-electron chi connectivity index (χ2n) is 7.13. The molecule has 0 aliphatic carbocycles. The Kier molecular flexibility index (Phi) is 5.80. The minimum Gasteiger partial charge on any atom is -0.379 e. The highest BCUT2D eigenvalue weighted by Crippen LogP contribution is 2.25. The quantitative estimate of drug-likeness (QED) is 0.652. The van der Waals surface area contributed by atoms with Gasteiger partial charge in [-0.1, -0.05) is 18.7 Å². The molecular formula is C22H24N4O2S. The Bertz CT molecular complexity index is 1120. The first-order valence-corrected chi connectivity index (χ1v) is 10.8. The number of fused-ring (bicyclic) bond motifs is 1. The second kappa shape index (κ2) is 8.49. The Morgan fingerprint density at radius 2 is 2.10 bits per heavy atom. The van der Waals surface area contributed by atoms with Gasteiger partial charge in [0.1, 0.15) is 5.69 Å². The van der Waals surface area contributed by atoms with E-state index in [0.717, 1.165) is 54.4 Å². The zero-order valence-corrected chi connectivity index (χ0v) is 17.5. The lowest BCUT2D eigenvalue weighted by atomic mass is 10.1. The Morgan fingerprint density at radius 1 is 1.31 bits per heavy atom. The van der Waals surface area contributed by atoms with Crippen LogP contribution in [0.5, 0.6) is 0 Å². The summed E-state index contributed by atoms with van der Waals surface area (Å²) in [6.07, 6.45) is 5.58. The van der Waals surface area contributed by atoms with Gasteiger partial charge >= 0.3 is 0 Å². The summed E-state index contributed by atoms with van der Waals surface area (Å²) in [6.45, 7) is 10.0. The molecule has 2 aromatic heterocycles. The summed E-state index contributed by atoms with van der Waals surface area (Å²) in [5.41, 5.74) is 4.28. The number of pyridine rings is 1. The van der Waals surface area contributed by atoms with Crippen LogP contribution in [0.15, 0.2) is 40.7 Å². The van der Waals surface area contributed by atoms with Crippen LogP contribution in [0.25, 0.3) is 28.5 Å². The number of H-pyrrole nitrogens is 1. The summed E-state index contributed by atoms with van der Waals surface area (Å²) < 4.78 is 5.42. The van der Waals surface area contributed by atoms with E-state index >= 15 is 0 Å². The SMILES string of the molecule is C=Cc1cc(-c2nc3c(C)cc(CN4CCOCC4)cc3c(=O)[nH]2)ncc1SC. The van der Waals surface area contributed by atoms with Gasteiger partial charge in [-0.15, -0.1) is 11.8 Å². The molecule has 0 bridgehead atoms. The zero-order chi connectivity index (χ0) is 20.4. The number of nitrogens with one attached hydrogen (secondary N) is 1. The first kappa shape index (κ1) is 19.8. The van der Waals surface area contributed by atoms with Gasteiger partial charge in [0.2, 0.25) is 0 Å². The molecule has 7 heteroatoms. The maximum Gasteiger partial charge on any atom is 0.259 e. The molecule has 0 unspecified atom stereocenters. The molecule has 0 radical (unpaired) electrons. The number of thioether (sulfide) groups is 1. The smallest absolute Gasteiger partial charge is 0.259 e. The molecule has 6 nitrogen and oxygen atoms in total. The molecule has 3 aromatic rings. The minimum atomic E-state index is -0.146. The third-order valence-electron chi connectivity index (χ3n) is 5.15. The highest BCUT2D eigenvalue weighted by molar-refractivity contribution is 7.98. The third-order valence-corrected chi connectivity index (χ3v) is 5.93. The van der Waals surface area contributed by atoms with Crippen LogP contribution < -0.4 is 5.56 Å². The predicted octanol–water partition coefficient (Wildman–Crippen LogP) is 3.49. The first-order chi connectivity index (χ1) is 14.1. The normalized spacial score (nSPS) is 15.0. The number of nitrogens with zero attached hydrogens (tertiary/aromatic N) is 3. The molecule has 29 heavy (non-hydrogen) atoms. The van der Waals surface area contributed by atoms with Crippen molar-refractivity contribution in [3.63, 3.8) is 0 Å². The lowest BCUT2D eigenvalue weighted by Gasteiger charge is -2.26. The van der Waals surface area contributed by atoms with Crippen molar-refractivity contribution in [2.75, 3.05) is 32.6 Å². The van der Waals surface area contributed by atoms with Gasteiger partial charge in [-0.25, -0.2) is 4.98 Å². The summed E-state index contributed by atoms with van der Waals surface area (Å²) in [6, 6.07) is 5.98. The number of morpholine rings is 1. The monoisotopic (exact) mass is 408 g/mol. The van der Waals surface area contributed by atoms with Gasteiger partial charge in [-0.05, 0) is 42.0 Å². The maximum absolute atomic E-state index is 12.9. The number of aromatic amines is 1. The molecule has 1 saturated heterocycles. The van der Waals surface area contributed by atoms with Crippen molar-refractivity contribution in [1.29, 1.82) is 0 Å². The number of aryl methyl sites for hydroxylation is 1. The molecular weight excluding hydrogens is 384 g/mol. The van der Waals surface area contributed by atoms with E-state index in [-0.39, 0.29) is 5.56 Å². The van der Waals surface area contributed by atoms with Gasteiger partial charge in [0.15, 0.2) is 5.82 Å². The number of hydrogen-bond donors (Lipinski definition) is 1. The molecule has 0 spiro atoms. The summed E-state index contributed by atoms with van der Waals surface area (Å²) in [7, 11) is 0. The molecule has 1 aliphatic heterocycles. The molecule has 1 N–H and O–H groups in total. The van der Waals surface area contributed by atoms with Crippen molar-refractivity contribution < 1.29 is 4.74 Å². The van der Waals surface area contributed by atoms with E-state index < -0.39 is 0 Å². The first-order valence-electron chi connectivity index (χ1n) is 9.59. The van der Waals surface area contributed by atoms with Crippen molar-refractivity contribution in [3.05, 3.63) is 58.0 Å². The predicted molar refractivity (Wildman–Crippen MR) is 118 cm³/mol. The highest BCUT2D eigenvalue weighted by atomic mass is 32.2. The van der Waals surface area contributed by atoms with Crippen LogP contribution in [0, 0.1) is 6.92 Å². The van der Waals surface area contributed by atoms with Crippen molar-refractivity contribution in [2.45, 2.75) is 18.4 Å². The van der Waals surface area contributed by atoms with E-state index in [0.29, 0.717) is 22.4 Å². The van der Waals surface area contributed by atoms with Gasteiger partial charge in [0.05, 0.1) is 24.1 Å². The fourth-order valence-electron chi connectivity index (χ4n) is 3.64. The van der Waals surface area contributed by atoms with E-state index in [1.165, 1.54) is 0 Å². The second-order valence-corrected chi connectivity index (χ2v) is 7.98. The molecule has 0 amide bonds. The van der Waals surface area contributed by atoms with E-state index in [1.807, 2.05) is 25.3 Å². The summed E-state index contributed by atoms with van der Waals surface area (Å²) in [4.78, 5) is 28.4. The van der Waals surface area contributed by atoms with Crippen molar-refractivity contribution >= 4 is 28.7 Å². The van der Waals surface area contributed by atoms with Crippen LogP contribution in [0.3, 0.4) is 0 Å². The van der Waals surface area contributed by atoms with E-state index in [9.17, 15) is 4.79 Å². The molecule has 0 saturated carbocycles. The van der Waals surface area contributed by atoms with Gasteiger partial charge < -0.3 is 9.72 Å². The van der Waals surface area contributed by atoms with E-state index in [2.05, 4.69) is 27.5 Å². The lowest BCUT2D eigenvalue weighted by Crippen LogP contribution is -2.35. The van der Waals surface area contributed by atoms with Gasteiger partial charge in [0, 0.05) is 30.7 Å². The largest absolute Gasteiger partial charge is 0.379 e. The van der Waals surface area contributed by atoms with Crippen molar-refractivity contribution in [3.8, 4) is 11.5 Å². The van der Waals surface area contributed by atoms with Crippen LogP contribution in [0.4, 0.5) is 0 Å². The van der Waals surface area contributed by atoms with Crippen LogP contribution in [-0.4, -0.2) is 52.4 Å². The molecule has 1 aromatic carbocycles. The number of rotatable bonds is 5. The molecule has 1 fully saturated rings. The highest BCUT2D eigenvalue weighted by Gasteiger charge is 2.15. The van der Waals surface area contributed by atoms with Crippen LogP contribution in [-0.2, 0) is 11.3 Å². The fraction of sp³-hybridized carbons (Fsp3) is 0.318. The molecule has 150 valence electrons. The summed E-state index contributed by atoms with van der Waals surface area (Å²) >= 11 is 1.61. The number of benzene rings is 1. The Morgan fingerprint density at radius 3 is 2.83 bits per heavy atom. The Balaban J connectivity index is 1.74. The average molecular weight is 409 g/mol. The third kappa shape index (κ3) is 4.12. The molecule has 1 aliphatic rings. The number of aromatic nitrogens is 3. The molecule has 4 rings (SSSR count). The van der Waals surface area contributed by atoms with Gasteiger partial charge in [-0.2, -0.15) is 0 Å². The van der Waals surface area contributed by atoms with Gasteiger partial charge in [0.25, 0.3) is 5.56 Å². The van der Waals surface area contributed by atoms with Crippen LogP contribution in [0.1, 0.15) is 16.7 Å². The molecule has 0 atom stereocenters. The average Bonchev–Trinajstić information content (AvgIpc) is 2.74. The summed E-state index contributed by atoms with van der Waals surface area (Å²) in [5.74, 6) is 0.474. The van der Waals surface area contributed by atoms with E-state index in [1.54, 1.807) is 24.0 Å². The van der Waals surface area contributed by atoms with Crippen molar-refractivity contribution in [1.82, 2.24) is 19.9 Å². The summed E-state index contributed by atoms with van der Waals surface area (Å²) in [5, 5.41) is 0.613. The minimum absolute atomic E-state index is 0.146. The Hall–Kier alpha value is -2.48. The van der Waals surface area contributed by atoms with E-state index in [4.69, 9.17) is 9.72 Å². The Labute approximate surface area is 174 Å².